The maximum absolute atomic E-state index is 12.5. The van der Waals surface area contributed by atoms with Gasteiger partial charge in [0.05, 0.1) is 12.2 Å². The van der Waals surface area contributed by atoms with E-state index in [0.717, 1.165) is 32.5 Å². The second-order valence-electron chi connectivity index (χ2n) is 6.70. The van der Waals surface area contributed by atoms with Crippen LogP contribution in [0.4, 0.5) is 5.69 Å². The number of hydrogen-bond donors (Lipinski definition) is 1. The molecule has 0 atom stereocenters. The predicted octanol–water partition coefficient (Wildman–Crippen LogP) is 2.40. The fourth-order valence-electron chi connectivity index (χ4n) is 4.04. The monoisotopic (exact) mass is 340 g/mol. The van der Waals surface area contributed by atoms with E-state index < -0.39 is 0 Å². The van der Waals surface area contributed by atoms with Gasteiger partial charge in [-0.25, -0.2) is 0 Å². The lowest BCUT2D eigenvalue weighted by atomic mass is 9.83. The molecule has 6 heteroatoms. The maximum Gasteiger partial charge on any atom is 0.271 e. The minimum Gasteiger partial charge on any atom is -0.369 e. The van der Waals surface area contributed by atoms with Gasteiger partial charge in [-0.05, 0) is 31.9 Å². The number of fused-ring (bicyclic) bond motifs is 2. The van der Waals surface area contributed by atoms with Crippen molar-refractivity contribution in [2.45, 2.75) is 25.4 Å². The van der Waals surface area contributed by atoms with Gasteiger partial charge in [0.1, 0.15) is 5.69 Å². The highest BCUT2D eigenvalue weighted by molar-refractivity contribution is 5.92. The lowest BCUT2D eigenvalue weighted by Gasteiger charge is -2.41. The van der Waals surface area contributed by atoms with Crippen LogP contribution in [-0.2, 0) is 10.3 Å². The van der Waals surface area contributed by atoms with Gasteiger partial charge >= 0.3 is 0 Å². The second kappa shape index (κ2) is 6.52. The normalized spacial score (nSPS) is 19.6. The summed E-state index contributed by atoms with van der Waals surface area (Å²) in [4.78, 5) is 16.8. The molecule has 4 rings (SSSR count). The van der Waals surface area contributed by atoms with Crippen molar-refractivity contribution in [3.05, 3.63) is 47.8 Å². The van der Waals surface area contributed by atoms with Gasteiger partial charge in [0.15, 0.2) is 0 Å². The largest absolute Gasteiger partial charge is 0.369 e. The number of amides is 1. The first kappa shape index (κ1) is 16.1. The maximum atomic E-state index is 12.5. The Morgan fingerprint density at radius 2 is 2.04 bits per heavy atom. The summed E-state index contributed by atoms with van der Waals surface area (Å²) in [5, 5.41) is 6.64. The van der Waals surface area contributed by atoms with E-state index in [1.807, 2.05) is 4.90 Å². The van der Waals surface area contributed by atoms with Crippen LogP contribution in [0.1, 0.15) is 35.8 Å². The number of likely N-dealkylation sites (tertiary alicyclic amines) is 1. The van der Waals surface area contributed by atoms with Gasteiger partial charge < -0.3 is 14.5 Å². The van der Waals surface area contributed by atoms with Crippen LogP contribution in [-0.4, -0.2) is 53.8 Å². The van der Waals surface area contributed by atoms with Gasteiger partial charge in [0, 0.05) is 43.6 Å². The van der Waals surface area contributed by atoms with Crippen LogP contribution in [0.2, 0.25) is 0 Å². The number of nitrogens with zero attached hydrogens (tertiary/aromatic N) is 3. The molecular formula is C19H24N4O2. The standard InChI is InChI=1S/C19H24N4O2/c1-2-22-13-14-25-19(15-5-3-4-6-17(15)22)8-11-23(12-9-19)18(24)16-7-10-20-21-16/h3-7,10H,2,8-9,11-14H2,1H3,(H,20,21). The van der Waals surface area contributed by atoms with E-state index in [2.05, 4.69) is 46.3 Å². The third-order valence-electron chi connectivity index (χ3n) is 5.45. The van der Waals surface area contributed by atoms with Crippen LogP contribution in [0.25, 0.3) is 0 Å². The van der Waals surface area contributed by atoms with E-state index in [9.17, 15) is 4.79 Å². The van der Waals surface area contributed by atoms with Gasteiger partial charge in [0.2, 0.25) is 0 Å². The highest BCUT2D eigenvalue weighted by atomic mass is 16.5. The van der Waals surface area contributed by atoms with Crippen molar-refractivity contribution in [1.82, 2.24) is 15.1 Å². The van der Waals surface area contributed by atoms with Crippen LogP contribution >= 0.6 is 0 Å². The zero-order valence-corrected chi connectivity index (χ0v) is 14.6. The van der Waals surface area contributed by atoms with Crippen molar-refractivity contribution >= 4 is 11.6 Å². The van der Waals surface area contributed by atoms with Crippen LogP contribution in [0.3, 0.4) is 0 Å². The first-order valence-corrected chi connectivity index (χ1v) is 9.00. The number of aromatic amines is 1. The number of rotatable bonds is 2. The molecule has 0 saturated carbocycles. The molecule has 0 unspecified atom stereocenters. The molecule has 1 N–H and O–H groups in total. The van der Waals surface area contributed by atoms with Gasteiger partial charge in [-0.3, -0.25) is 9.89 Å². The summed E-state index contributed by atoms with van der Waals surface area (Å²) in [5.41, 5.74) is 2.81. The molecule has 1 amide bonds. The Bertz CT molecular complexity index is 736. The molecule has 3 heterocycles. The Morgan fingerprint density at radius 3 is 2.76 bits per heavy atom. The third-order valence-corrected chi connectivity index (χ3v) is 5.45. The molecule has 0 bridgehead atoms. The summed E-state index contributed by atoms with van der Waals surface area (Å²) in [7, 11) is 0. The van der Waals surface area contributed by atoms with Crippen molar-refractivity contribution in [3.8, 4) is 0 Å². The van der Waals surface area contributed by atoms with Gasteiger partial charge in [-0.15, -0.1) is 0 Å². The number of carbonyl (C=O) groups is 1. The molecule has 2 aromatic rings. The van der Waals surface area contributed by atoms with Crippen LogP contribution in [0, 0.1) is 0 Å². The molecule has 0 aliphatic carbocycles. The van der Waals surface area contributed by atoms with Crippen LogP contribution in [0.15, 0.2) is 36.5 Å². The van der Waals surface area contributed by atoms with Crippen molar-refractivity contribution in [3.63, 3.8) is 0 Å². The zero-order valence-electron chi connectivity index (χ0n) is 14.6. The summed E-state index contributed by atoms with van der Waals surface area (Å²) in [5.74, 6) is 0.0180. The predicted molar refractivity (Wildman–Crippen MR) is 95.7 cm³/mol. The summed E-state index contributed by atoms with van der Waals surface area (Å²) in [6, 6.07) is 10.3. The van der Waals surface area contributed by atoms with Crippen LogP contribution in [0.5, 0.6) is 0 Å². The molecule has 6 nitrogen and oxygen atoms in total. The van der Waals surface area contributed by atoms with Crippen molar-refractivity contribution in [2.24, 2.45) is 0 Å². The van der Waals surface area contributed by atoms with E-state index in [4.69, 9.17) is 4.74 Å². The lowest BCUT2D eigenvalue weighted by Crippen LogP contribution is -2.46. The smallest absolute Gasteiger partial charge is 0.271 e. The Hall–Kier alpha value is -2.34. The Labute approximate surface area is 147 Å². The second-order valence-corrected chi connectivity index (χ2v) is 6.70. The average Bonchev–Trinajstić information content (AvgIpc) is 3.15. The number of likely N-dealkylation sites (N-methyl/N-ethyl adjacent to an activating group) is 1. The van der Waals surface area contributed by atoms with Gasteiger partial charge in [0.25, 0.3) is 5.91 Å². The number of carbonyl (C=O) groups excluding carboxylic acids is 1. The number of para-hydroxylation sites is 1. The highest BCUT2D eigenvalue weighted by Gasteiger charge is 2.42. The molecule has 1 aromatic carbocycles. The molecule has 1 fully saturated rings. The minimum atomic E-state index is -0.286. The summed E-state index contributed by atoms with van der Waals surface area (Å²) >= 11 is 0. The number of hydrogen-bond acceptors (Lipinski definition) is 4. The van der Waals surface area contributed by atoms with Gasteiger partial charge in [-0.1, -0.05) is 18.2 Å². The summed E-state index contributed by atoms with van der Waals surface area (Å²) in [6.45, 7) is 6.17. The Kier molecular flexibility index (Phi) is 4.21. The minimum absolute atomic E-state index is 0.0180. The summed E-state index contributed by atoms with van der Waals surface area (Å²) in [6.07, 6.45) is 3.26. The molecule has 1 saturated heterocycles. The molecular weight excluding hydrogens is 316 g/mol. The Balaban J connectivity index is 1.58. The number of aromatic nitrogens is 2. The lowest BCUT2D eigenvalue weighted by molar-refractivity contribution is -0.0791. The summed E-state index contributed by atoms with van der Waals surface area (Å²) < 4.78 is 6.41. The van der Waals surface area contributed by atoms with E-state index in [1.165, 1.54) is 11.3 Å². The first-order chi connectivity index (χ1) is 12.2. The SMILES string of the molecule is CCN1CCOC2(CCN(C(=O)c3ccn[nH]3)CC2)c2ccccc21. The van der Waals surface area contributed by atoms with E-state index in [1.54, 1.807) is 12.3 Å². The average molecular weight is 340 g/mol. The molecule has 25 heavy (non-hydrogen) atoms. The van der Waals surface area contributed by atoms with Crippen molar-refractivity contribution < 1.29 is 9.53 Å². The number of benzene rings is 1. The topological polar surface area (TPSA) is 61.5 Å². The molecule has 1 spiro atoms. The highest BCUT2D eigenvalue weighted by Crippen LogP contribution is 2.43. The third kappa shape index (κ3) is 2.80. The Morgan fingerprint density at radius 1 is 1.24 bits per heavy atom. The molecule has 2 aliphatic rings. The molecule has 132 valence electrons. The first-order valence-electron chi connectivity index (χ1n) is 9.00. The number of ether oxygens (including phenoxy) is 1. The molecule has 0 radical (unpaired) electrons. The number of piperidine rings is 1. The fourth-order valence-corrected chi connectivity index (χ4v) is 4.04. The van der Waals surface area contributed by atoms with E-state index in [-0.39, 0.29) is 11.5 Å². The zero-order chi connectivity index (χ0) is 17.3. The van der Waals surface area contributed by atoms with Crippen molar-refractivity contribution in [2.75, 3.05) is 37.7 Å². The van der Waals surface area contributed by atoms with Crippen LogP contribution < -0.4 is 4.90 Å². The molecule has 2 aliphatic heterocycles. The van der Waals surface area contributed by atoms with E-state index >= 15 is 0 Å². The number of H-pyrrole nitrogens is 1. The van der Waals surface area contributed by atoms with Crippen molar-refractivity contribution in [1.29, 1.82) is 0 Å². The van der Waals surface area contributed by atoms with E-state index in [0.29, 0.717) is 18.8 Å². The molecule has 1 aromatic heterocycles. The quantitative estimate of drug-likeness (QED) is 0.912. The fraction of sp³-hybridized carbons (Fsp3) is 0.474. The number of anilines is 1. The van der Waals surface area contributed by atoms with Gasteiger partial charge in [-0.2, -0.15) is 5.10 Å². The number of nitrogens with one attached hydrogen (secondary N) is 1.